The second-order valence-corrected chi connectivity index (χ2v) is 7.51. The van der Waals surface area contributed by atoms with E-state index in [1.165, 1.54) is 0 Å². The van der Waals surface area contributed by atoms with Gasteiger partial charge in [0.15, 0.2) is 9.84 Å². The van der Waals surface area contributed by atoms with Gasteiger partial charge < -0.3 is 0 Å². The molecule has 0 bridgehead atoms. The fraction of sp³-hybridized carbons (Fsp3) is 0.467. The van der Waals surface area contributed by atoms with Crippen molar-refractivity contribution in [2.75, 3.05) is 0 Å². The number of hydrogen-bond acceptors (Lipinski definition) is 2. The van der Waals surface area contributed by atoms with Crippen molar-refractivity contribution in [2.45, 2.75) is 43.8 Å². The summed E-state index contributed by atoms with van der Waals surface area (Å²) in [6.45, 7) is 5.88. The molecular formula is C15H20O2S. The van der Waals surface area contributed by atoms with Crippen LogP contribution >= 0.6 is 0 Å². The Labute approximate surface area is 110 Å². The summed E-state index contributed by atoms with van der Waals surface area (Å²) in [6, 6.07) is 7.16. The summed E-state index contributed by atoms with van der Waals surface area (Å²) in [5.74, 6) is 0.311. The molecule has 1 atom stereocenters. The highest BCUT2D eigenvalue weighted by atomic mass is 32.2. The van der Waals surface area contributed by atoms with Crippen LogP contribution in [-0.4, -0.2) is 13.7 Å². The minimum absolute atomic E-state index is 0.311. The van der Waals surface area contributed by atoms with Crippen molar-refractivity contribution in [3.05, 3.63) is 41.5 Å². The van der Waals surface area contributed by atoms with Crippen LogP contribution in [0.15, 0.2) is 40.8 Å². The van der Waals surface area contributed by atoms with Crippen molar-refractivity contribution in [1.82, 2.24) is 0 Å². The van der Waals surface area contributed by atoms with Gasteiger partial charge in [-0.1, -0.05) is 29.3 Å². The second-order valence-electron chi connectivity index (χ2n) is 5.40. The third-order valence-corrected chi connectivity index (χ3v) is 5.46. The summed E-state index contributed by atoms with van der Waals surface area (Å²) < 4.78 is 25.2. The maximum absolute atomic E-state index is 12.6. The van der Waals surface area contributed by atoms with Gasteiger partial charge in [0, 0.05) is 0 Å². The van der Waals surface area contributed by atoms with E-state index in [1.54, 1.807) is 12.1 Å². The molecule has 0 aromatic heterocycles. The van der Waals surface area contributed by atoms with E-state index in [4.69, 9.17) is 0 Å². The first-order chi connectivity index (χ1) is 8.41. The van der Waals surface area contributed by atoms with Crippen molar-refractivity contribution in [2.24, 2.45) is 5.92 Å². The molecule has 18 heavy (non-hydrogen) atoms. The molecule has 0 heterocycles. The maximum atomic E-state index is 12.6. The van der Waals surface area contributed by atoms with Gasteiger partial charge in [-0.3, -0.25) is 0 Å². The van der Waals surface area contributed by atoms with Crippen molar-refractivity contribution in [3.8, 4) is 0 Å². The fourth-order valence-corrected chi connectivity index (χ4v) is 4.18. The van der Waals surface area contributed by atoms with Gasteiger partial charge in [-0.25, -0.2) is 8.42 Å². The molecular weight excluding hydrogens is 244 g/mol. The third-order valence-electron chi connectivity index (χ3n) is 3.29. The molecule has 0 amide bonds. The summed E-state index contributed by atoms with van der Waals surface area (Å²) in [6.07, 6.45) is 3.96. The zero-order chi connectivity index (χ0) is 13.3. The van der Waals surface area contributed by atoms with Gasteiger partial charge in [0.05, 0.1) is 10.1 Å². The molecule has 0 unspecified atom stereocenters. The molecule has 1 aromatic carbocycles. The van der Waals surface area contributed by atoms with Crippen LogP contribution in [-0.2, 0) is 9.84 Å². The predicted octanol–water partition coefficient (Wildman–Crippen LogP) is 3.51. The monoisotopic (exact) mass is 264 g/mol. The van der Waals surface area contributed by atoms with Crippen LogP contribution in [0, 0.1) is 12.8 Å². The largest absolute Gasteiger partial charge is 0.223 e. The van der Waals surface area contributed by atoms with Crippen molar-refractivity contribution < 1.29 is 8.42 Å². The number of rotatable bonds is 4. The Bertz CT molecular complexity index is 545. The van der Waals surface area contributed by atoms with E-state index in [9.17, 15) is 8.42 Å². The van der Waals surface area contributed by atoms with Crippen LogP contribution in [0.3, 0.4) is 0 Å². The van der Waals surface area contributed by atoms with Gasteiger partial charge in [-0.2, -0.15) is 0 Å². The lowest BCUT2D eigenvalue weighted by Gasteiger charge is -2.14. The van der Waals surface area contributed by atoms with Crippen LogP contribution in [0.1, 0.15) is 32.3 Å². The highest BCUT2D eigenvalue weighted by Crippen LogP contribution is 2.39. The fourth-order valence-electron chi connectivity index (χ4n) is 2.12. The summed E-state index contributed by atoms with van der Waals surface area (Å²) in [5, 5.41) is -0.342. The topological polar surface area (TPSA) is 34.1 Å². The quantitative estimate of drug-likeness (QED) is 0.780. The van der Waals surface area contributed by atoms with Crippen LogP contribution in [0.5, 0.6) is 0 Å². The average molecular weight is 264 g/mol. The van der Waals surface area contributed by atoms with Gasteiger partial charge in [0.2, 0.25) is 0 Å². The highest BCUT2D eigenvalue weighted by molar-refractivity contribution is 7.92. The molecule has 0 radical (unpaired) electrons. The van der Waals surface area contributed by atoms with Gasteiger partial charge in [-0.15, -0.1) is 0 Å². The molecule has 0 saturated heterocycles. The van der Waals surface area contributed by atoms with Crippen LogP contribution in [0.4, 0.5) is 0 Å². The molecule has 0 aliphatic heterocycles. The Kier molecular flexibility index (Phi) is 3.62. The lowest BCUT2D eigenvalue weighted by molar-refractivity contribution is 0.581. The van der Waals surface area contributed by atoms with Gasteiger partial charge in [-0.05, 0) is 51.7 Å². The van der Waals surface area contributed by atoms with Gasteiger partial charge >= 0.3 is 0 Å². The summed E-state index contributed by atoms with van der Waals surface area (Å²) in [5.41, 5.74) is 2.15. The first-order valence-corrected chi connectivity index (χ1v) is 7.91. The SMILES string of the molecule is CC(C)=C[C@@H](C1CC1)S(=O)(=O)c1ccc(C)cc1. The Morgan fingerprint density at radius 3 is 2.22 bits per heavy atom. The van der Waals surface area contributed by atoms with Crippen molar-refractivity contribution in [1.29, 1.82) is 0 Å². The molecule has 1 aliphatic rings. The first kappa shape index (κ1) is 13.3. The zero-order valence-corrected chi connectivity index (χ0v) is 12.0. The van der Waals surface area contributed by atoms with E-state index in [0.717, 1.165) is 24.0 Å². The molecule has 1 aromatic rings. The predicted molar refractivity (Wildman–Crippen MR) is 74.3 cm³/mol. The van der Waals surface area contributed by atoms with E-state index < -0.39 is 9.84 Å². The van der Waals surface area contributed by atoms with Crippen molar-refractivity contribution >= 4 is 9.84 Å². The number of hydrogen-bond donors (Lipinski definition) is 0. The molecule has 98 valence electrons. The molecule has 0 spiro atoms. The molecule has 1 aliphatic carbocycles. The van der Waals surface area contributed by atoms with Crippen LogP contribution in [0.2, 0.25) is 0 Å². The molecule has 1 fully saturated rings. The third kappa shape index (κ3) is 2.83. The number of sulfone groups is 1. The Hall–Kier alpha value is -1.09. The van der Waals surface area contributed by atoms with Crippen LogP contribution in [0.25, 0.3) is 0 Å². The maximum Gasteiger partial charge on any atom is 0.185 e. The summed E-state index contributed by atoms with van der Waals surface area (Å²) in [4.78, 5) is 0.447. The van der Waals surface area contributed by atoms with Crippen molar-refractivity contribution in [3.63, 3.8) is 0 Å². The van der Waals surface area contributed by atoms with E-state index in [0.29, 0.717) is 10.8 Å². The first-order valence-electron chi connectivity index (χ1n) is 6.37. The lowest BCUT2D eigenvalue weighted by Crippen LogP contribution is -2.21. The zero-order valence-electron chi connectivity index (χ0n) is 11.2. The normalized spacial score (nSPS) is 17.3. The molecule has 1 saturated carbocycles. The van der Waals surface area contributed by atoms with E-state index >= 15 is 0 Å². The van der Waals surface area contributed by atoms with Gasteiger partial charge in [0.25, 0.3) is 0 Å². The Morgan fingerprint density at radius 2 is 1.78 bits per heavy atom. The molecule has 2 rings (SSSR count). The summed E-state index contributed by atoms with van der Waals surface area (Å²) in [7, 11) is -3.23. The van der Waals surface area contributed by atoms with E-state index in [1.807, 2.05) is 39.0 Å². The second kappa shape index (κ2) is 4.88. The molecule has 0 N–H and O–H groups in total. The number of aryl methyl sites for hydroxylation is 1. The minimum Gasteiger partial charge on any atom is -0.223 e. The Morgan fingerprint density at radius 1 is 1.22 bits per heavy atom. The van der Waals surface area contributed by atoms with Crippen LogP contribution < -0.4 is 0 Å². The summed E-state index contributed by atoms with van der Waals surface area (Å²) >= 11 is 0. The molecule has 2 nitrogen and oxygen atoms in total. The highest BCUT2D eigenvalue weighted by Gasteiger charge is 2.39. The Balaban J connectivity index is 2.39. The lowest BCUT2D eigenvalue weighted by atomic mass is 10.2. The minimum atomic E-state index is -3.23. The standard InChI is InChI=1S/C15H20O2S/c1-11(2)10-15(13-6-7-13)18(16,17)14-8-4-12(3)5-9-14/h4-5,8-10,13,15H,6-7H2,1-3H3/t15-/m0/s1. The molecule has 3 heteroatoms. The van der Waals surface area contributed by atoms with E-state index in [2.05, 4.69) is 0 Å². The number of allylic oxidation sites excluding steroid dienone is 1. The van der Waals surface area contributed by atoms with Gasteiger partial charge in [0.1, 0.15) is 0 Å². The average Bonchev–Trinajstić information content (AvgIpc) is 3.10. The number of benzene rings is 1. The van der Waals surface area contributed by atoms with E-state index in [-0.39, 0.29) is 5.25 Å². The smallest absolute Gasteiger partial charge is 0.185 e.